The number of nitrogens with zero attached hydrogens (tertiary/aromatic N) is 1. The average Bonchev–Trinajstić information content (AvgIpc) is 2.35. The highest BCUT2D eigenvalue weighted by atomic mass is 16.3. The number of hydrogen-bond donors (Lipinski definition) is 1. The molecular formula is C16H19NO. The quantitative estimate of drug-likeness (QED) is 0.893. The van der Waals surface area contributed by atoms with E-state index in [9.17, 15) is 5.11 Å². The number of aryl methyl sites for hydroxylation is 2. The predicted octanol–water partition coefficient (Wildman–Crippen LogP) is 2.84. The van der Waals surface area contributed by atoms with Crippen molar-refractivity contribution in [3.63, 3.8) is 0 Å². The van der Waals surface area contributed by atoms with Crippen LogP contribution in [0, 0.1) is 13.8 Å². The molecule has 18 heavy (non-hydrogen) atoms. The van der Waals surface area contributed by atoms with Gasteiger partial charge in [0.25, 0.3) is 0 Å². The van der Waals surface area contributed by atoms with E-state index in [1.54, 1.807) is 12.4 Å². The molecule has 0 aliphatic carbocycles. The summed E-state index contributed by atoms with van der Waals surface area (Å²) >= 11 is 0. The standard InChI is InChI=1S/C16H19NO/c1-12-3-4-13(2)15(9-12)11-16(18)10-14-5-7-17-8-6-14/h3-9,16,18H,10-11H2,1-2H3. The number of aromatic nitrogens is 1. The summed E-state index contributed by atoms with van der Waals surface area (Å²) in [4.78, 5) is 3.98. The Hall–Kier alpha value is -1.67. The Morgan fingerprint density at radius 3 is 2.50 bits per heavy atom. The smallest absolute Gasteiger partial charge is 0.0620 e. The van der Waals surface area contributed by atoms with Crippen molar-refractivity contribution in [2.24, 2.45) is 0 Å². The molecule has 0 saturated heterocycles. The monoisotopic (exact) mass is 241 g/mol. The Bertz CT molecular complexity index is 508. The molecule has 0 amide bonds. The Balaban J connectivity index is 2.03. The number of rotatable bonds is 4. The molecule has 0 bridgehead atoms. The Labute approximate surface area is 108 Å². The van der Waals surface area contributed by atoms with Gasteiger partial charge in [0.1, 0.15) is 0 Å². The zero-order valence-corrected chi connectivity index (χ0v) is 10.9. The van der Waals surface area contributed by atoms with Crippen LogP contribution in [0.1, 0.15) is 22.3 Å². The zero-order chi connectivity index (χ0) is 13.0. The minimum Gasteiger partial charge on any atom is -0.392 e. The first-order valence-electron chi connectivity index (χ1n) is 6.28. The van der Waals surface area contributed by atoms with Gasteiger partial charge in [0.05, 0.1) is 6.10 Å². The Morgan fingerprint density at radius 1 is 1.06 bits per heavy atom. The third-order valence-electron chi connectivity index (χ3n) is 3.18. The van der Waals surface area contributed by atoms with E-state index in [4.69, 9.17) is 0 Å². The highest BCUT2D eigenvalue weighted by molar-refractivity contribution is 5.31. The Morgan fingerprint density at radius 2 is 1.78 bits per heavy atom. The fourth-order valence-electron chi connectivity index (χ4n) is 2.14. The van der Waals surface area contributed by atoms with Crippen molar-refractivity contribution in [1.82, 2.24) is 4.98 Å². The van der Waals surface area contributed by atoms with E-state index in [0.29, 0.717) is 12.8 Å². The maximum absolute atomic E-state index is 10.2. The average molecular weight is 241 g/mol. The largest absolute Gasteiger partial charge is 0.392 e. The highest BCUT2D eigenvalue weighted by Crippen LogP contribution is 2.14. The van der Waals surface area contributed by atoms with E-state index in [2.05, 4.69) is 37.0 Å². The molecule has 0 aliphatic heterocycles. The van der Waals surface area contributed by atoms with Crippen molar-refractivity contribution in [2.45, 2.75) is 32.8 Å². The van der Waals surface area contributed by atoms with Gasteiger partial charge < -0.3 is 5.11 Å². The van der Waals surface area contributed by atoms with Crippen molar-refractivity contribution < 1.29 is 5.11 Å². The molecule has 0 aliphatic rings. The summed E-state index contributed by atoms with van der Waals surface area (Å²) in [6.07, 6.45) is 4.57. The first-order chi connectivity index (χ1) is 8.65. The first-order valence-corrected chi connectivity index (χ1v) is 6.28. The molecule has 2 nitrogen and oxygen atoms in total. The van der Waals surface area contributed by atoms with E-state index < -0.39 is 0 Å². The molecule has 2 rings (SSSR count). The molecule has 0 saturated carbocycles. The van der Waals surface area contributed by atoms with Crippen LogP contribution in [0.5, 0.6) is 0 Å². The summed E-state index contributed by atoms with van der Waals surface area (Å²) in [6, 6.07) is 10.3. The maximum atomic E-state index is 10.2. The lowest BCUT2D eigenvalue weighted by molar-refractivity contribution is 0.175. The molecule has 0 radical (unpaired) electrons. The lowest BCUT2D eigenvalue weighted by Crippen LogP contribution is -2.14. The summed E-state index contributed by atoms with van der Waals surface area (Å²) in [5, 5.41) is 10.2. The van der Waals surface area contributed by atoms with Crippen molar-refractivity contribution in [3.8, 4) is 0 Å². The van der Waals surface area contributed by atoms with Crippen LogP contribution in [0.3, 0.4) is 0 Å². The molecule has 94 valence electrons. The van der Waals surface area contributed by atoms with Gasteiger partial charge in [-0.05, 0) is 55.5 Å². The number of pyridine rings is 1. The normalized spacial score (nSPS) is 12.4. The van der Waals surface area contributed by atoms with Gasteiger partial charge in [-0.3, -0.25) is 4.98 Å². The molecule has 0 fully saturated rings. The summed E-state index contributed by atoms with van der Waals surface area (Å²) in [5.41, 5.74) is 4.85. The maximum Gasteiger partial charge on any atom is 0.0620 e. The van der Waals surface area contributed by atoms with Gasteiger partial charge in [-0.1, -0.05) is 23.8 Å². The second-order valence-electron chi connectivity index (χ2n) is 4.85. The van der Waals surface area contributed by atoms with Gasteiger partial charge >= 0.3 is 0 Å². The van der Waals surface area contributed by atoms with Gasteiger partial charge in [0, 0.05) is 12.4 Å². The molecule has 1 aromatic carbocycles. The van der Waals surface area contributed by atoms with Crippen LogP contribution in [-0.2, 0) is 12.8 Å². The molecule has 2 aromatic rings. The van der Waals surface area contributed by atoms with Gasteiger partial charge in [-0.25, -0.2) is 0 Å². The van der Waals surface area contributed by atoms with E-state index in [1.807, 2.05) is 12.1 Å². The van der Waals surface area contributed by atoms with E-state index >= 15 is 0 Å². The summed E-state index contributed by atoms with van der Waals surface area (Å²) in [6.45, 7) is 4.17. The number of hydrogen-bond acceptors (Lipinski definition) is 2. The minimum atomic E-state index is -0.340. The van der Waals surface area contributed by atoms with E-state index in [1.165, 1.54) is 16.7 Å². The second-order valence-corrected chi connectivity index (χ2v) is 4.85. The number of aliphatic hydroxyl groups is 1. The molecule has 0 spiro atoms. The molecule has 2 heteroatoms. The Kier molecular flexibility index (Phi) is 4.11. The molecular weight excluding hydrogens is 222 g/mol. The fraction of sp³-hybridized carbons (Fsp3) is 0.312. The van der Waals surface area contributed by atoms with E-state index in [0.717, 1.165) is 5.56 Å². The van der Waals surface area contributed by atoms with Crippen LogP contribution in [0.25, 0.3) is 0 Å². The van der Waals surface area contributed by atoms with Crippen LogP contribution in [-0.4, -0.2) is 16.2 Å². The van der Waals surface area contributed by atoms with Crippen LogP contribution in [0.15, 0.2) is 42.7 Å². The summed E-state index contributed by atoms with van der Waals surface area (Å²) in [5.74, 6) is 0. The third kappa shape index (κ3) is 3.41. The molecule has 1 N–H and O–H groups in total. The second kappa shape index (κ2) is 5.78. The van der Waals surface area contributed by atoms with E-state index in [-0.39, 0.29) is 6.10 Å². The lowest BCUT2D eigenvalue weighted by Gasteiger charge is -2.13. The molecule has 1 unspecified atom stereocenters. The van der Waals surface area contributed by atoms with Gasteiger partial charge in [-0.2, -0.15) is 0 Å². The van der Waals surface area contributed by atoms with Crippen molar-refractivity contribution in [1.29, 1.82) is 0 Å². The van der Waals surface area contributed by atoms with Crippen LogP contribution in [0.4, 0.5) is 0 Å². The SMILES string of the molecule is Cc1ccc(C)c(CC(O)Cc2ccncc2)c1. The van der Waals surface area contributed by atoms with Crippen molar-refractivity contribution in [2.75, 3.05) is 0 Å². The molecule has 1 heterocycles. The van der Waals surface area contributed by atoms with Crippen LogP contribution < -0.4 is 0 Å². The summed E-state index contributed by atoms with van der Waals surface area (Å²) < 4.78 is 0. The van der Waals surface area contributed by atoms with Crippen LogP contribution in [0.2, 0.25) is 0 Å². The minimum absolute atomic E-state index is 0.340. The number of benzene rings is 1. The van der Waals surface area contributed by atoms with Gasteiger partial charge in [-0.15, -0.1) is 0 Å². The molecule has 1 atom stereocenters. The van der Waals surface area contributed by atoms with Gasteiger partial charge in [0.15, 0.2) is 0 Å². The lowest BCUT2D eigenvalue weighted by atomic mass is 9.97. The zero-order valence-electron chi connectivity index (χ0n) is 10.9. The summed E-state index contributed by atoms with van der Waals surface area (Å²) in [7, 11) is 0. The molecule has 1 aromatic heterocycles. The van der Waals surface area contributed by atoms with Gasteiger partial charge in [0.2, 0.25) is 0 Å². The topological polar surface area (TPSA) is 33.1 Å². The van der Waals surface area contributed by atoms with Crippen LogP contribution >= 0.6 is 0 Å². The predicted molar refractivity (Wildman–Crippen MR) is 73.6 cm³/mol. The first kappa shape index (κ1) is 12.8. The third-order valence-corrected chi connectivity index (χ3v) is 3.18. The highest BCUT2D eigenvalue weighted by Gasteiger charge is 2.08. The number of aliphatic hydroxyl groups excluding tert-OH is 1. The van der Waals surface area contributed by atoms with Crippen molar-refractivity contribution >= 4 is 0 Å². The van der Waals surface area contributed by atoms with Crippen molar-refractivity contribution in [3.05, 3.63) is 65.0 Å². The fourth-order valence-corrected chi connectivity index (χ4v) is 2.14.